The maximum absolute atomic E-state index is 12.8. The minimum atomic E-state index is -0.0443. The van der Waals surface area contributed by atoms with Gasteiger partial charge in [0.15, 0.2) is 11.0 Å². The first-order valence-electron chi connectivity index (χ1n) is 9.42. The number of nitrogens with one attached hydrogen (secondary N) is 2. The van der Waals surface area contributed by atoms with Crippen LogP contribution in [0.5, 0.6) is 0 Å². The number of hydrogen-bond donors (Lipinski definition) is 2. The van der Waals surface area contributed by atoms with Crippen LogP contribution < -0.4 is 10.6 Å². The highest BCUT2D eigenvalue weighted by Crippen LogP contribution is 2.25. The Labute approximate surface area is 171 Å². The zero-order valence-electron chi connectivity index (χ0n) is 16.2. The summed E-state index contributed by atoms with van der Waals surface area (Å²) in [6.45, 7) is 7.44. The van der Waals surface area contributed by atoms with E-state index in [1.807, 2.05) is 26.2 Å². The number of amides is 1. The number of carbonyl (C=O) groups excluding carboxylic acids is 1. The lowest BCUT2D eigenvalue weighted by molar-refractivity contribution is 0.0936. The van der Waals surface area contributed by atoms with Gasteiger partial charge in [-0.2, -0.15) is 0 Å². The molecule has 4 heterocycles. The Hall–Kier alpha value is -2.33. The molecule has 4 rings (SSSR count). The Morgan fingerprint density at radius 1 is 1.29 bits per heavy atom. The Morgan fingerprint density at radius 2 is 2.14 bits per heavy atom. The fraction of sp³-hybridized carbons (Fsp3) is 0.500. The van der Waals surface area contributed by atoms with Gasteiger partial charge in [0, 0.05) is 30.9 Å². The maximum Gasteiger partial charge on any atom is 0.263 e. The predicted octanol–water partition coefficient (Wildman–Crippen LogP) is 3.04. The summed E-state index contributed by atoms with van der Waals surface area (Å²) in [7, 11) is 0. The van der Waals surface area contributed by atoms with Crippen molar-refractivity contribution in [1.29, 1.82) is 0 Å². The molecule has 0 aromatic carbocycles. The fourth-order valence-electron chi connectivity index (χ4n) is 3.37. The molecule has 0 bridgehead atoms. The topological polar surface area (TPSA) is 97.6 Å². The lowest BCUT2D eigenvalue weighted by atomic mass is 10.1. The number of thiazole rings is 2. The number of rotatable bonds is 5. The van der Waals surface area contributed by atoms with E-state index in [9.17, 15) is 4.79 Å². The first kappa shape index (κ1) is 19.0. The molecule has 10 heteroatoms. The number of anilines is 1. The quantitative estimate of drug-likeness (QED) is 0.662. The van der Waals surface area contributed by atoms with Crippen molar-refractivity contribution in [2.24, 2.45) is 0 Å². The van der Waals surface area contributed by atoms with Crippen molar-refractivity contribution in [3.63, 3.8) is 0 Å². The van der Waals surface area contributed by atoms with Crippen molar-refractivity contribution >= 4 is 33.7 Å². The number of nitrogens with zero attached hydrogens (tertiary/aromatic N) is 5. The summed E-state index contributed by atoms with van der Waals surface area (Å²) in [5, 5.41) is 18.9. The van der Waals surface area contributed by atoms with Gasteiger partial charge in [0.05, 0.1) is 10.7 Å². The molecule has 0 spiro atoms. The van der Waals surface area contributed by atoms with E-state index in [4.69, 9.17) is 0 Å². The van der Waals surface area contributed by atoms with Gasteiger partial charge in [-0.1, -0.05) is 11.3 Å². The largest absolute Gasteiger partial charge is 0.362 e. The molecule has 3 aromatic heterocycles. The van der Waals surface area contributed by atoms with Gasteiger partial charge in [0.2, 0.25) is 0 Å². The van der Waals surface area contributed by atoms with E-state index in [0.29, 0.717) is 4.88 Å². The molecule has 1 amide bonds. The summed E-state index contributed by atoms with van der Waals surface area (Å²) in [6.07, 6.45) is 2.47. The van der Waals surface area contributed by atoms with Crippen LogP contribution in [0.1, 0.15) is 46.0 Å². The van der Waals surface area contributed by atoms with Crippen LogP contribution in [-0.4, -0.2) is 43.2 Å². The number of fused-ring (bicyclic) bond motifs is 1. The summed E-state index contributed by atoms with van der Waals surface area (Å²) >= 11 is 3.02. The van der Waals surface area contributed by atoms with Gasteiger partial charge in [0.25, 0.3) is 5.91 Å². The van der Waals surface area contributed by atoms with Crippen LogP contribution in [0.4, 0.5) is 5.13 Å². The molecule has 0 aliphatic carbocycles. The normalized spacial score (nSPS) is 16.5. The first-order valence-corrected chi connectivity index (χ1v) is 11.1. The highest BCUT2D eigenvalue weighted by Gasteiger charge is 2.24. The standard InChI is InChI=1S/C18H23N7OS2/c1-4-19-18-20-10(2)15(28-18)17(26)22-12-5-6-14-23-24-16(25(14)8-7-12)13-9-27-11(3)21-13/h9,12H,4-8H2,1-3H3,(H,19,20)(H,22,26). The molecule has 1 atom stereocenters. The highest BCUT2D eigenvalue weighted by molar-refractivity contribution is 7.17. The van der Waals surface area contributed by atoms with E-state index >= 15 is 0 Å². The first-order chi connectivity index (χ1) is 13.5. The lowest BCUT2D eigenvalue weighted by Crippen LogP contribution is -2.35. The van der Waals surface area contributed by atoms with Crippen LogP contribution in [0, 0.1) is 13.8 Å². The third-order valence-corrected chi connectivity index (χ3v) is 6.65. The second kappa shape index (κ2) is 7.96. The van der Waals surface area contributed by atoms with E-state index in [1.54, 1.807) is 11.3 Å². The second-order valence-electron chi connectivity index (χ2n) is 6.80. The van der Waals surface area contributed by atoms with Crippen molar-refractivity contribution in [3.05, 3.63) is 26.8 Å². The molecule has 28 heavy (non-hydrogen) atoms. The average Bonchev–Trinajstić information content (AvgIpc) is 3.33. The van der Waals surface area contributed by atoms with Gasteiger partial charge < -0.3 is 15.2 Å². The molecule has 2 N–H and O–H groups in total. The summed E-state index contributed by atoms with van der Waals surface area (Å²) in [6, 6.07) is 0.100. The number of aromatic nitrogens is 5. The van der Waals surface area contributed by atoms with Crippen LogP contribution >= 0.6 is 22.7 Å². The molecular weight excluding hydrogens is 394 g/mol. The van der Waals surface area contributed by atoms with Crippen molar-refractivity contribution in [1.82, 2.24) is 30.0 Å². The van der Waals surface area contributed by atoms with Gasteiger partial charge in [-0.3, -0.25) is 4.79 Å². The number of carbonyl (C=O) groups is 1. The van der Waals surface area contributed by atoms with Crippen LogP contribution in [-0.2, 0) is 13.0 Å². The number of hydrogen-bond acceptors (Lipinski definition) is 8. The van der Waals surface area contributed by atoms with E-state index < -0.39 is 0 Å². The lowest BCUT2D eigenvalue weighted by Gasteiger charge is -2.15. The van der Waals surface area contributed by atoms with E-state index in [-0.39, 0.29) is 11.9 Å². The van der Waals surface area contributed by atoms with Crippen LogP contribution in [0.3, 0.4) is 0 Å². The molecule has 0 saturated heterocycles. The van der Waals surface area contributed by atoms with Gasteiger partial charge in [-0.05, 0) is 33.6 Å². The molecule has 1 unspecified atom stereocenters. The summed E-state index contributed by atoms with van der Waals surface area (Å²) in [4.78, 5) is 22.4. The highest BCUT2D eigenvalue weighted by atomic mass is 32.1. The van der Waals surface area contributed by atoms with Crippen molar-refractivity contribution < 1.29 is 4.79 Å². The van der Waals surface area contributed by atoms with E-state index in [0.717, 1.165) is 65.5 Å². The van der Waals surface area contributed by atoms with Crippen LogP contribution in [0.15, 0.2) is 5.38 Å². The molecule has 148 valence electrons. The average molecular weight is 418 g/mol. The third kappa shape index (κ3) is 3.79. The third-order valence-electron chi connectivity index (χ3n) is 4.76. The zero-order chi connectivity index (χ0) is 19.7. The van der Waals surface area contributed by atoms with Crippen LogP contribution in [0.25, 0.3) is 11.5 Å². The number of aryl methyl sites for hydroxylation is 3. The fourth-order valence-corrected chi connectivity index (χ4v) is 4.90. The molecule has 1 aliphatic rings. The van der Waals surface area contributed by atoms with Crippen LogP contribution in [0.2, 0.25) is 0 Å². The maximum atomic E-state index is 12.8. The second-order valence-corrected chi connectivity index (χ2v) is 8.87. The molecule has 0 saturated carbocycles. The molecule has 0 fully saturated rings. The predicted molar refractivity (Wildman–Crippen MR) is 111 cm³/mol. The van der Waals surface area contributed by atoms with Gasteiger partial charge in [-0.15, -0.1) is 21.5 Å². The zero-order valence-corrected chi connectivity index (χ0v) is 17.8. The smallest absolute Gasteiger partial charge is 0.263 e. The molecule has 0 radical (unpaired) electrons. The summed E-state index contributed by atoms with van der Waals surface area (Å²) < 4.78 is 2.14. The van der Waals surface area contributed by atoms with Crippen molar-refractivity contribution in [3.8, 4) is 11.5 Å². The van der Waals surface area contributed by atoms with Crippen molar-refractivity contribution in [2.45, 2.75) is 52.6 Å². The molecule has 8 nitrogen and oxygen atoms in total. The van der Waals surface area contributed by atoms with E-state index in [2.05, 4.69) is 35.4 Å². The summed E-state index contributed by atoms with van der Waals surface area (Å²) in [5.41, 5.74) is 1.64. The molecular formula is C18H23N7OS2. The molecule has 3 aromatic rings. The minimum absolute atomic E-state index is 0.0443. The van der Waals surface area contributed by atoms with Gasteiger partial charge in [-0.25, -0.2) is 9.97 Å². The van der Waals surface area contributed by atoms with Gasteiger partial charge >= 0.3 is 0 Å². The minimum Gasteiger partial charge on any atom is -0.362 e. The monoisotopic (exact) mass is 417 g/mol. The Bertz CT molecular complexity index is 990. The Balaban J connectivity index is 1.44. The van der Waals surface area contributed by atoms with Gasteiger partial charge in [0.1, 0.15) is 16.4 Å². The summed E-state index contributed by atoms with van der Waals surface area (Å²) in [5.74, 6) is 1.73. The van der Waals surface area contributed by atoms with Crippen molar-refractivity contribution in [2.75, 3.05) is 11.9 Å². The molecule has 1 aliphatic heterocycles. The van der Waals surface area contributed by atoms with E-state index in [1.165, 1.54) is 11.3 Å². The Kier molecular flexibility index (Phi) is 5.40. The SMILES string of the molecule is CCNc1nc(C)c(C(=O)NC2CCc3nnc(-c4csc(C)n4)n3CC2)s1. The Morgan fingerprint density at radius 3 is 2.89 bits per heavy atom.